The lowest BCUT2D eigenvalue weighted by Crippen LogP contribution is -2.57. The van der Waals surface area contributed by atoms with Crippen LogP contribution in [0.4, 0.5) is 13.2 Å². The van der Waals surface area contributed by atoms with Gasteiger partial charge in [0.2, 0.25) is 0 Å². The highest BCUT2D eigenvalue weighted by Crippen LogP contribution is 2.67. The molecule has 1 heterocycles. The van der Waals surface area contributed by atoms with Crippen molar-refractivity contribution in [3.8, 4) is 0 Å². The molecule has 5 nitrogen and oxygen atoms in total. The molecule has 0 aliphatic heterocycles. The van der Waals surface area contributed by atoms with Gasteiger partial charge in [-0.05, 0) is 86.6 Å². The maximum atomic E-state index is 13.8. The maximum absolute atomic E-state index is 13.8. The molecule has 4 fully saturated rings. The Morgan fingerprint density at radius 2 is 1.58 bits per heavy atom. The number of benzene rings is 2. The van der Waals surface area contributed by atoms with Gasteiger partial charge in [-0.1, -0.05) is 24.3 Å². The summed E-state index contributed by atoms with van der Waals surface area (Å²) in [5.74, 6) is -0.217. The molecular formula is C30H31F3N2O3. The molecule has 0 spiro atoms. The number of carbonyl (C=O) groups excluding carboxylic acids is 2. The number of hydrogen-bond acceptors (Lipinski definition) is 3. The first kappa shape index (κ1) is 25.0. The van der Waals surface area contributed by atoms with Gasteiger partial charge in [-0.3, -0.25) is 9.59 Å². The molecule has 4 saturated carbocycles. The zero-order valence-electron chi connectivity index (χ0n) is 21.4. The second kappa shape index (κ2) is 8.61. The van der Waals surface area contributed by atoms with Crippen LogP contribution in [-0.4, -0.2) is 29.1 Å². The van der Waals surface area contributed by atoms with Gasteiger partial charge in [0.15, 0.2) is 0 Å². The Balaban J connectivity index is 1.24. The number of esters is 1. The lowest BCUT2D eigenvalue weighted by molar-refractivity contribution is -0.164. The number of aromatic nitrogens is 1. The molecule has 1 aromatic heterocycles. The summed E-state index contributed by atoms with van der Waals surface area (Å²) in [7, 11) is 1.46. The van der Waals surface area contributed by atoms with Gasteiger partial charge in [0, 0.05) is 23.7 Å². The van der Waals surface area contributed by atoms with E-state index in [4.69, 9.17) is 4.74 Å². The van der Waals surface area contributed by atoms with Crippen molar-refractivity contribution in [1.29, 1.82) is 0 Å². The normalized spacial score (nSPS) is 25.8. The first-order valence-electron chi connectivity index (χ1n) is 13.3. The number of nitrogens with zero attached hydrogens (tertiary/aromatic N) is 1. The van der Waals surface area contributed by atoms with Crippen molar-refractivity contribution in [3.63, 3.8) is 0 Å². The molecule has 7 rings (SSSR count). The number of halogens is 3. The van der Waals surface area contributed by atoms with Crippen LogP contribution in [0.25, 0.3) is 10.9 Å². The highest BCUT2D eigenvalue weighted by atomic mass is 19.4. The number of methoxy groups -OCH3 is 1. The van der Waals surface area contributed by atoms with Crippen molar-refractivity contribution in [1.82, 2.24) is 9.88 Å². The molecule has 0 atom stereocenters. The van der Waals surface area contributed by atoms with Gasteiger partial charge >= 0.3 is 12.1 Å². The summed E-state index contributed by atoms with van der Waals surface area (Å²) in [6.07, 6.45) is 4.54. The van der Waals surface area contributed by atoms with Crippen molar-refractivity contribution in [2.24, 2.45) is 10.8 Å². The minimum atomic E-state index is -4.38. The van der Waals surface area contributed by atoms with Crippen molar-refractivity contribution in [2.45, 2.75) is 69.6 Å². The molecule has 2 bridgehead atoms. The number of para-hydroxylation sites is 1. The van der Waals surface area contributed by atoms with E-state index in [0.29, 0.717) is 12.1 Å². The van der Waals surface area contributed by atoms with Gasteiger partial charge in [0.25, 0.3) is 5.91 Å². The molecule has 4 aliphatic carbocycles. The molecule has 0 unspecified atom stereocenters. The van der Waals surface area contributed by atoms with Crippen LogP contribution in [0.2, 0.25) is 0 Å². The van der Waals surface area contributed by atoms with Crippen molar-refractivity contribution in [2.75, 3.05) is 7.11 Å². The summed E-state index contributed by atoms with van der Waals surface area (Å²) >= 11 is 0. The van der Waals surface area contributed by atoms with Crippen LogP contribution in [0, 0.1) is 10.8 Å². The second-order valence-electron chi connectivity index (χ2n) is 11.5. The zero-order valence-corrected chi connectivity index (χ0v) is 21.4. The first-order valence-corrected chi connectivity index (χ1v) is 13.3. The van der Waals surface area contributed by atoms with Crippen molar-refractivity contribution in [3.05, 3.63) is 71.4 Å². The Kier molecular flexibility index (Phi) is 5.67. The van der Waals surface area contributed by atoms with Gasteiger partial charge in [0.05, 0.1) is 29.2 Å². The van der Waals surface area contributed by atoms with E-state index in [2.05, 4.69) is 5.32 Å². The SMILES string of the molecule is COC(=O)C12CCC(C3(NC(=O)c4cccc5ccn(Cc6ccc(C(F)(F)F)cc6)c45)CC3)(CC1)CC2. The highest BCUT2D eigenvalue weighted by molar-refractivity contribution is 6.06. The van der Waals surface area contributed by atoms with Gasteiger partial charge in [-0.15, -0.1) is 0 Å². The van der Waals surface area contributed by atoms with Gasteiger partial charge in [0.1, 0.15) is 0 Å². The summed E-state index contributed by atoms with van der Waals surface area (Å²) in [5.41, 5.74) is 0.784. The molecule has 4 aliphatic rings. The summed E-state index contributed by atoms with van der Waals surface area (Å²) in [5, 5.41) is 4.34. The Morgan fingerprint density at radius 1 is 0.921 bits per heavy atom. The predicted molar refractivity (Wildman–Crippen MR) is 136 cm³/mol. The van der Waals surface area contributed by atoms with E-state index >= 15 is 0 Å². The Morgan fingerprint density at radius 3 is 2.16 bits per heavy atom. The number of fused-ring (bicyclic) bond motifs is 4. The number of amides is 1. The topological polar surface area (TPSA) is 60.3 Å². The van der Waals surface area contributed by atoms with Crippen LogP contribution < -0.4 is 5.32 Å². The standard InChI is InChI=1S/C30H31F3N2O3/c1-38-26(37)27-10-13-28(14-11-27,15-12-27)29(16-17-29)34-25(36)23-4-2-3-21-9-18-35(24(21)23)19-20-5-7-22(8-6-20)30(31,32)33/h2-9,18H,10-17,19H2,1H3,(H,34,36). The van der Waals surface area contributed by atoms with Crippen LogP contribution in [0.3, 0.4) is 0 Å². The fraction of sp³-hybridized carbons (Fsp3) is 0.467. The van der Waals surface area contributed by atoms with Crippen LogP contribution in [-0.2, 0) is 22.3 Å². The van der Waals surface area contributed by atoms with Crippen LogP contribution in [0.5, 0.6) is 0 Å². The number of rotatable bonds is 6. The number of carbonyl (C=O) groups is 2. The highest BCUT2D eigenvalue weighted by Gasteiger charge is 2.65. The van der Waals surface area contributed by atoms with Crippen molar-refractivity contribution >= 4 is 22.8 Å². The van der Waals surface area contributed by atoms with E-state index in [0.717, 1.165) is 80.0 Å². The fourth-order valence-electron chi connectivity index (χ4n) is 7.20. The monoisotopic (exact) mass is 524 g/mol. The molecular weight excluding hydrogens is 493 g/mol. The van der Waals surface area contributed by atoms with E-state index in [1.54, 1.807) is 0 Å². The van der Waals surface area contributed by atoms with E-state index in [1.165, 1.54) is 19.2 Å². The summed E-state index contributed by atoms with van der Waals surface area (Å²) < 4.78 is 46.0. The number of nitrogens with one attached hydrogen (secondary N) is 1. The Bertz CT molecular complexity index is 1380. The van der Waals surface area contributed by atoms with Crippen LogP contribution >= 0.6 is 0 Å². The molecule has 0 saturated heterocycles. The fourth-order valence-corrected chi connectivity index (χ4v) is 7.20. The quantitative estimate of drug-likeness (QED) is 0.375. The first-order chi connectivity index (χ1) is 18.1. The molecule has 1 amide bonds. The van der Waals surface area contributed by atoms with E-state index < -0.39 is 11.7 Å². The Labute approximate surface area is 219 Å². The van der Waals surface area contributed by atoms with E-state index in [1.807, 2.05) is 35.0 Å². The largest absolute Gasteiger partial charge is 0.469 e. The van der Waals surface area contributed by atoms with Crippen molar-refractivity contribution < 1.29 is 27.5 Å². The maximum Gasteiger partial charge on any atom is 0.416 e. The van der Waals surface area contributed by atoms with Crippen LogP contribution in [0.15, 0.2) is 54.7 Å². The lowest BCUT2D eigenvalue weighted by Gasteiger charge is -2.55. The lowest BCUT2D eigenvalue weighted by atomic mass is 9.50. The summed E-state index contributed by atoms with van der Waals surface area (Å²) in [6.45, 7) is 0.358. The smallest absolute Gasteiger partial charge is 0.416 e. The third-order valence-corrected chi connectivity index (χ3v) is 9.65. The number of hydrogen-bond donors (Lipinski definition) is 1. The average molecular weight is 525 g/mol. The van der Waals surface area contributed by atoms with Crippen LogP contribution in [0.1, 0.15) is 72.9 Å². The summed E-state index contributed by atoms with van der Waals surface area (Å²) in [6, 6.07) is 12.7. The van der Waals surface area contributed by atoms with Gasteiger partial charge in [-0.25, -0.2) is 0 Å². The summed E-state index contributed by atoms with van der Waals surface area (Å²) in [4.78, 5) is 26.2. The number of ether oxygens (including phenoxy) is 1. The minimum Gasteiger partial charge on any atom is -0.469 e. The van der Waals surface area contributed by atoms with Gasteiger partial charge in [-0.2, -0.15) is 13.2 Å². The molecule has 1 N–H and O–H groups in total. The van der Waals surface area contributed by atoms with E-state index in [9.17, 15) is 22.8 Å². The second-order valence-corrected chi connectivity index (χ2v) is 11.5. The predicted octanol–water partition coefficient (Wildman–Crippen LogP) is 6.48. The number of alkyl halides is 3. The third-order valence-electron chi connectivity index (χ3n) is 9.65. The molecule has 0 radical (unpaired) electrons. The third kappa shape index (κ3) is 3.91. The van der Waals surface area contributed by atoms with E-state index in [-0.39, 0.29) is 28.2 Å². The molecule has 8 heteroatoms. The molecule has 3 aromatic rings. The average Bonchev–Trinajstić information content (AvgIpc) is 3.61. The minimum absolute atomic E-state index is 0.00848. The molecule has 2 aromatic carbocycles. The van der Waals surface area contributed by atoms with Gasteiger partial charge < -0.3 is 14.6 Å². The Hall–Kier alpha value is -3.29. The molecule has 200 valence electrons. The molecule has 38 heavy (non-hydrogen) atoms. The zero-order chi connectivity index (χ0) is 26.8.